The zero-order valence-corrected chi connectivity index (χ0v) is 15.4. The molecule has 0 radical (unpaired) electrons. The maximum Gasteiger partial charge on any atom is 0.257 e. The summed E-state index contributed by atoms with van der Waals surface area (Å²) in [4.78, 5) is 33.0. The number of aromatic nitrogens is 2. The Morgan fingerprint density at radius 1 is 1.26 bits per heavy atom. The Morgan fingerprint density at radius 3 is 2.78 bits per heavy atom. The van der Waals surface area contributed by atoms with Gasteiger partial charge in [0.1, 0.15) is 11.6 Å². The first-order chi connectivity index (χ1) is 13.1. The van der Waals surface area contributed by atoms with Crippen LogP contribution in [0.5, 0.6) is 5.75 Å². The van der Waals surface area contributed by atoms with Gasteiger partial charge in [-0.1, -0.05) is 30.0 Å². The third kappa shape index (κ3) is 3.19. The number of phenols is 1. The van der Waals surface area contributed by atoms with Gasteiger partial charge >= 0.3 is 0 Å². The summed E-state index contributed by atoms with van der Waals surface area (Å²) in [6.07, 6.45) is 3.75. The fourth-order valence-corrected chi connectivity index (χ4v) is 4.24. The molecule has 1 aliphatic heterocycles. The van der Waals surface area contributed by atoms with Crippen LogP contribution < -0.4 is 10.9 Å². The van der Waals surface area contributed by atoms with Gasteiger partial charge in [0.05, 0.1) is 5.56 Å². The molecule has 3 N–H and O–H groups in total. The van der Waals surface area contributed by atoms with Gasteiger partial charge < -0.3 is 15.4 Å². The van der Waals surface area contributed by atoms with Crippen molar-refractivity contribution in [2.24, 2.45) is 0 Å². The molecule has 7 heteroatoms. The van der Waals surface area contributed by atoms with Crippen LogP contribution in [-0.4, -0.2) is 26.6 Å². The minimum absolute atomic E-state index is 0.0528. The number of allylic oxidation sites excluding steroid dienone is 2. The molecule has 0 saturated heterocycles. The summed E-state index contributed by atoms with van der Waals surface area (Å²) in [6.45, 7) is 3.69. The number of fused-ring (bicyclic) bond motifs is 1. The maximum atomic E-state index is 12.9. The Bertz CT molecular complexity index is 1010. The molecule has 2 heterocycles. The van der Waals surface area contributed by atoms with Gasteiger partial charge in [-0.3, -0.25) is 9.59 Å². The largest absolute Gasteiger partial charge is 0.508 e. The zero-order chi connectivity index (χ0) is 19.0. The van der Waals surface area contributed by atoms with E-state index in [0.29, 0.717) is 34.3 Å². The summed E-state index contributed by atoms with van der Waals surface area (Å²) >= 11 is 1.40. The zero-order valence-electron chi connectivity index (χ0n) is 14.6. The molecular weight excluding hydrogens is 362 g/mol. The molecule has 138 valence electrons. The number of carbonyl (C=O) groups is 1. The predicted molar refractivity (Wildman–Crippen MR) is 105 cm³/mol. The van der Waals surface area contributed by atoms with Gasteiger partial charge in [0.2, 0.25) is 0 Å². The lowest BCUT2D eigenvalue weighted by atomic mass is 9.76. The molecule has 0 fully saturated rings. The number of thioether (sulfide) groups is 1. The minimum Gasteiger partial charge on any atom is -0.508 e. The lowest BCUT2D eigenvalue weighted by Gasteiger charge is -2.32. The van der Waals surface area contributed by atoms with Crippen LogP contribution in [0.2, 0.25) is 0 Å². The molecule has 1 aromatic carbocycles. The van der Waals surface area contributed by atoms with E-state index in [1.807, 2.05) is 0 Å². The van der Waals surface area contributed by atoms with Crippen LogP contribution in [0.25, 0.3) is 0 Å². The monoisotopic (exact) mass is 381 g/mol. The summed E-state index contributed by atoms with van der Waals surface area (Å²) in [7, 11) is 0. The quantitative estimate of drug-likeness (QED) is 0.427. The molecule has 1 aromatic heterocycles. The summed E-state index contributed by atoms with van der Waals surface area (Å²) < 4.78 is 0. The van der Waals surface area contributed by atoms with Crippen LogP contribution in [0, 0.1) is 0 Å². The van der Waals surface area contributed by atoms with Crippen LogP contribution in [0.15, 0.2) is 58.1 Å². The Balaban J connectivity index is 1.90. The molecule has 27 heavy (non-hydrogen) atoms. The highest BCUT2D eigenvalue weighted by molar-refractivity contribution is 7.99. The Kier molecular flexibility index (Phi) is 4.61. The lowest BCUT2D eigenvalue weighted by molar-refractivity contribution is -0.116. The van der Waals surface area contributed by atoms with Crippen molar-refractivity contribution < 1.29 is 9.90 Å². The van der Waals surface area contributed by atoms with E-state index in [-0.39, 0.29) is 17.1 Å². The summed E-state index contributed by atoms with van der Waals surface area (Å²) in [5.74, 6) is 0.837. The van der Waals surface area contributed by atoms with Crippen molar-refractivity contribution >= 4 is 23.4 Å². The number of H-pyrrole nitrogens is 1. The summed E-state index contributed by atoms with van der Waals surface area (Å²) in [5.41, 5.74) is 2.45. The number of carbonyl (C=O) groups excluding carboxylic acids is 1. The van der Waals surface area contributed by atoms with Crippen molar-refractivity contribution in [2.75, 3.05) is 11.1 Å². The van der Waals surface area contributed by atoms with Crippen molar-refractivity contribution in [1.29, 1.82) is 0 Å². The highest BCUT2D eigenvalue weighted by Crippen LogP contribution is 2.43. The molecule has 1 aliphatic carbocycles. The van der Waals surface area contributed by atoms with Gasteiger partial charge in [-0.2, -0.15) is 0 Å². The fraction of sp³-hybridized carbons (Fsp3) is 0.250. The molecule has 1 atom stereocenters. The number of nitrogens with zero attached hydrogens (tertiary/aromatic N) is 1. The van der Waals surface area contributed by atoms with Gasteiger partial charge in [-0.05, 0) is 30.5 Å². The van der Waals surface area contributed by atoms with Crippen LogP contribution >= 0.6 is 11.8 Å². The van der Waals surface area contributed by atoms with E-state index < -0.39 is 5.92 Å². The number of hydrogen-bond donors (Lipinski definition) is 3. The Labute approximate surface area is 160 Å². The average molecular weight is 381 g/mol. The molecule has 2 aliphatic rings. The Hall–Kier alpha value is -2.80. The molecule has 6 nitrogen and oxygen atoms in total. The number of rotatable bonds is 4. The highest BCUT2D eigenvalue weighted by Gasteiger charge is 2.37. The summed E-state index contributed by atoms with van der Waals surface area (Å²) in [6, 6.07) is 6.64. The van der Waals surface area contributed by atoms with Crippen molar-refractivity contribution in [3.05, 3.63) is 69.7 Å². The van der Waals surface area contributed by atoms with E-state index in [9.17, 15) is 14.7 Å². The molecule has 0 amide bonds. The SMILES string of the molecule is C=CCSc1nc2c(c(=O)[nH]1)C(c1ccc(O)cc1)C1=C(CCCC1=O)N2. The fourth-order valence-electron chi connectivity index (χ4n) is 3.65. The van der Waals surface area contributed by atoms with E-state index in [0.717, 1.165) is 24.1 Å². The maximum absolute atomic E-state index is 12.9. The van der Waals surface area contributed by atoms with Crippen LogP contribution in [-0.2, 0) is 4.79 Å². The molecule has 0 bridgehead atoms. The molecule has 0 saturated carbocycles. The van der Waals surface area contributed by atoms with E-state index >= 15 is 0 Å². The van der Waals surface area contributed by atoms with Crippen LogP contribution in [0.1, 0.15) is 36.3 Å². The van der Waals surface area contributed by atoms with E-state index in [4.69, 9.17) is 0 Å². The number of aromatic amines is 1. The normalized spacial score (nSPS) is 18.5. The first kappa shape index (κ1) is 17.6. The molecule has 1 unspecified atom stereocenters. The molecule has 0 spiro atoms. The summed E-state index contributed by atoms with van der Waals surface area (Å²) in [5, 5.41) is 13.4. The Morgan fingerprint density at radius 2 is 2.04 bits per heavy atom. The number of Topliss-reactive ketones (excluding diaryl/α,β-unsaturated/α-hetero) is 1. The van der Waals surface area contributed by atoms with Gasteiger partial charge in [-0.15, -0.1) is 6.58 Å². The standard InChI is InChI=1S/C20H19N3O3S/c1-2-10-27-20-22-18-17(19(26)23-20)15(11-6-8-12(24)9-7-11)16-13(21-18)4-3-5-14(16)25/h2,6-9,15,24H,1,3-5,10H2,(H2,21,22,23,26). The number of hydrogen-bond acceptors (Lipinski definition) is 6. The van der Waals surface area contributed by atoms with Gasteiger partial charge in [-0.25, -0.2) is 4.98 Å². The van der Waals surface area contributed by atoms with Gasteiger partial charge in [0.25, 0.3) is 5.56 Å². The van der Waals surface area contributed by atoms with Crippen molar-refractivity contribution in [3.8, 4) is 5.75 Å². The van der Waals surface area contributed by atoms with Crippen LogP contribution in [0.4, 0.5) is 5.82 Å². The number of benzene rings is 1. The molecular formula is C20H19N3O3S. The van der Waals surface area contributed by atoms with E-state index in [1.165, 1.54) is 11.8 Å². The van der Waals surface area contributed by atoms with Crippen molar-refractivity contribution in [3.63, 3.8) is 0 Å². The van der Waals surface area contributed by atoms with Crippen molar-refractivity contribution in [1.82, 2.24) is 9.97 Å². The molecule has 4 rings (SSSR count). The number of aromatic hydroxyl groups is 1. The second kappa shape index (κ2) is 7.08. The smallest absolute Gasteiger partial charge is 0.257 e. The second-order valence-corrected chi connectivity index (χ2v) is 7.56. The predicted octanol–water partition coefficient (Wildman–Crippen LogP) is 3.32. The van der Waals surface area contributed by atoms with E-state index in [1.54, 1.807) is 30.3 Å². The highest BCUT2D eigenvalue weighted by atomic mass is 32.2. The van der Waals surface area contributed by atoms with Gasteiger partial charge in [0, 0.05) is 29.4 Å². The second-order valence-electron chi connectivity index (χ2n) is 6.55. The van der Waals surface area contributed by atoms with Crippen molar-refractivity contribution in [2.45, 2.75) is 30.3 Å². The van der Waals surface area contributed by atoms with E-state index in [2.05, 4.69) is 21.9 Å². The topological polar surface area (TPSA) is 95.1 Å². The number of anilines is 1. The minimum atomic E-state index is -0.487. The van der Waals surface area contributed by atoms with Crippen LogP contribution in [0.3, 0.4) is 0 Å². The first-order valence-electron chi connectivity index (χ1n) is 8.78. The number of phenolic OH excluding ortho intramolecular Hbond substituents is 1. The third-order valence-corrected chi connectivity index (χ3v) is 5.67. The lowest BCUT2D eigenvalue weighted by Crippen LogP contribution is -2.32. The average Bonchev–Trinajstić information content (AvgIpc) is 2.65. The molecule has 2 aromatic rings. The third-order valence-electron chi connectivity index (χ3n) is 4.80. The van der Waals surface area contributed by atoms with Gasteiger partial charge in [0.15, 0.2) is 10.9 Å². The number of ketones is 1. The first-order valence-corrected chi connectivity index (χ1v) is 9.77. The number of nitrogens with one attached hydrogen (secondary N) is 2.